The van der Waals surface area contributed by atoms with Gasteiger partial charge in [-0.05, 0) is 38.5 Å². The van der Waals surface area contributed by atoms with Crippen LogP contribution < -0.4 is 0 Å². The third-order valence-electron chi connectivity index (χ3n) is 3.85. The maximum Gasteiger partial charge on any atom is 0.233 e. The fraction of sp³-hybridized carbons (Fsp3) is 0.643. The Bertz CT molecular complexity index is 445. The molecule has 1 amide bonds. The van der Waals surface area contributed by atoms with E-state index in [1.807, 2.05) is 0 Å². The lowest BCUT2D eigenvalue weighted by Gasteiger charge is -2.29. The first-order valence-corrected chi connectivity index (χ1v) is 7.94. The first-order valence-electron chi connectivity index (χ1n) is 6.95. The highest BCUT2D eigenvalue weighted by atomic mass is 32.2. The molecule has 2 fully saturated rings. The Hall–Kier alpha value is -1.10. The smallest absolute Gasteiger partial charge is 0.233 e. The van der Waals surface area contributed by atoms with Gasteiger partial charge in [-0.3, -0.25) is 9.78 Å². The average Bonchev–Trinajstić information content (AvgIpc) is 3.29. The van der Waals surface area contributed by atoms with E-state index in [9.17, 15) is 4.79 Å². The third kappa shape index (κ3) is 3.26. The highest BCUT2D eigenvalue weighted by molar-refractivity contribution is 7.99. The molecule has 1 aromatic rings. The molecule has 1 heterocycles. The molecule has 2 saturated carbocycles. The van der Waals surface area contributed by atoms with Gasteiger partial charge in [0, 0.05) is 24.5 Å². The summed E-state index contributed by atoms with van der Waals surface area (Å²) in [7, 11) is 0. The zero-order valence-corrected chi connectivity index (χ0v) is 12.0. The Morgan fingerprint density at radius 1 is 1.42 bits per heavy atom. The van der Waals surface area contributed by atoms with Crippen LogP contribution in [-0.2, 0) is 4.79 Å². The predicted molar refractivity (Wildman–Crippen MR) is 74.8 cm³/mol. The second kappa shape index (κ2) is 5.49. The summed E-state index contributed by atoms with van der Waals surface area (Å²) in [6.07, 6.45) is 9.96. The van der Waals surface area contributed by atoms with Gasteiger partial charge in [-0.1, -0.05) is 11.8 Å². The Kier molecular flexibility index (Phi) is 3.73. The minimum atomic E-state index is 0.262. The summed E-state index contributed by atoms with van der Waals surface area (Å²) < 4.78 is 0. The molecule has 2 aliphatic rings. The summed E-state index contributed by atoms with van der Waals surface area (Å²) in [4.78, 5) is 22.8. The van der Waals surface area contributed by atoms with Gasteiger partial charge in [-0.2, -0.15) is 0 Å². The van der Waals surface area contributed by atoms with E-state index >= 15 is 0 Å². The molecule has 102 valence electrons. The summed E-state index contributed by atoms with van der Waals surface area (Å²) in [6, 6.07) is 0.924. The number of amides is 1. The van der Waals surface area contributed by atoms with Gasteiger partial charge in [0.15, 0.2) is 0 Å². The van der Waals surface area contributed by atoms with Crippen molar-refractivity contribution in [2.45, 2.75) is 49.7 Å². The molecule has 2 aliphatic carbocycles. The van der Waals surface area contributed by atoms with Crippen molar-refractivity contribution in [1.82, 2.24) is 14.9 Å². The van der Waals surface area contributed by atoms with Crippen molar-refractivity contribution in [3.8, 4) is 0 Å². The van der Waals surface area contributed by atoms with Crippen LogP contribution in [0.5, 0.6) is 0 Å². The van der Waals surface area contributed by atoms with Crippen LogP contribution >= 0.6 is 11.8 Å². The van der Waals surface area contributed by atoms with Crippen molar-refractivity contribution in [2.75, 3.05) is 5.75 Å². The lowest BCUT2D eigenvalue weighted by atomic mass is 10.2. The van der Waals surface area contributed by atoms with E-state index in [0.29, 0.717) is 17.8 Å². The Morgan fingerprint density at radius 3 is 2.79 bits per heavy atom. The Morgan fingerprint density at radius 2 is 2.21 bits per heavy atom. The summed E-state index contributed by atoms with van der Waals surface area (Å²) in [5, 5.41) is 0.825. The van der Waals surface area contributed by atoms with Gasteiger partial charge >= 0.3 is 0 Å². The van der Waals surface area contributed by atoms with E-state index in [2.05, 4.69) is 21.8 Å². The van der Waals surface area contributed by atoms with Crippen LogP contribution in [0.2, 0.25) is 0 Å². The molecule has 5 heteroatoms. The number of carbonyl (C=O) groups excluding carboxylic acids is 1. The van der Waals surface area contributed by atoms with Gasteiger partial charge in [0.2, 0.25) is 5.91 Å². The molecular formula is C14H19N3OS. The number of hydrogen-bond acceptors (Lipinski definition) is 4. The molecule has 1 atom stereocenters. The van der Waals surface area contributed by atoms with Crippen LogP contribution in [0, 0.1) is 5.92 Å². The highest BCUT2D eigenvalue weighted by Gasteiger charge is 2.41. The maximum absolute atomic E-state index is 12.4. The fourth-order valence-electron chi connectivity index (χ4n) is 2.49. The molecule has 0 unspecified atom stereocenters. The molecule has 0 bridgehead atoms. The van der Waals surface area contributed by atoms with Gasteiger partial charge in [-0.15, -0.1) is 0 Å². The number of hydrogen-bond donors (Lipinski definition) is 0. The standard InChI is InChI=1S/C14H19N3OS/c1-10(11-2-3-11)17(12-4-5-12)14(18)9-19-13-8-15-6-7-16-13/h6-8,10-12H,2-5,9H2,1H3/t10-/m1/s1. The lowest BCUT2D eigenvalue weighted by molar-refractivity contribution is -0.131. The van der Waals surface area contributed by atoms with Crippen LogP contribution in [-0.4, -0.2) is 38.6 Å². The molecule has 0 aliphatic heterocycles. The third-order valence-corrected chi connectivity index (χ3v) is 4.75. The van der Waals surface area contributed by atoms with E-state index in [0.717, 1.165) is 10.9 Å². The zero-order chi connectivity index (χ0) is 13.2. The van der Waals surface area contributed by atoms with Crippen molar-refractivity contribution in [3.63, 3.8) is 0 Å². The number of thioether (sulfide) groups is 1. The first-order chi connectivity index (χ1) is 9.25. The van der Waals surface area contributed by atoms with Gasteiger partial charge in [0.1, 0.15) is 5.03 Å². The number of nitrogens with zero attached hydrogens (tertiary/aromatic N) is 3. The molecular weight excluding hydrogens is 258 g/mol. The van der Waals surface area contributed by atoms with Crippen LogP contribution in [0.15, 0.2) is 23.6 Å². The van der Waals surface area contributed by atoms with Crippen LogP contribution in [0.25, 0.3) is 0 Å². The highest BCUT2D eigenvalue weighted by Crippen LogP contribution is 2.40. The van der Waals surface area contributed by atoms with Gasteiger partial charge in [0.05, 0.1) is 11.9 Å². The number of carbonyl (C=O) groups is 1. The van der Waals surface area contributed by atoms with E-state index in [-0.39, 0.29) is 5.91 Å². The molecule has 0 N–H and O–H groups in total. The summed E-state index contributed by atoms with van der Waals surface area (Å²) in [5.41, 5.74) is 0. The molecule has 19 heavy (non-hydrogen) atoms. The van der Waals surface area contributed by atoms with E-state index in [1.165, 1.54) is 37.4 Å². The molecule has 1 aromatic heterocycles. The Labute approximate surface area is 118 Å². The van der Waals surface area contributed by atoms with Crippen molar-refractivity contribution in [2.24, 2.45) is 5.92 Å². The first kappa shape index (κ1) is 12.9. The second-order valence-electron chi connectivity index (χ2n) is 5.44. The number of aromatic nitrogens is 2. The predicted octanol–water partition coefficient (Wildman–Crippen LogP) is 2.36. The zero-order valence-electron chi connectivity index (χ0n) is 11.2. The molecule has 0 spiro atoms. The van der Waals surface area contributed by atoms with Crippen LogP contribution in [0.4, 0.5) is 0 Å². The van der Waals surface area contributed by atoms with Crippen LogP contribution in [0.3, 0.4) is 0 Å². The monoisotopic (exact) mass is 277 g/mol. The maximum atomic E-state index is 12.4. The molecule has 0 saturated heterocycles. The van der Waals surface area contributed by atoms with E-state index in [4.69, 9.17) is 0 Å². The van der Waals surface area contributed by atoms with Gasteiger partial charge in [0.25, 0.3) is 0 Å². The summed E-state index contributed by atoms with van der Waals surface area (Å²) in [6.45, 7) is 2.21. The van der Waals surface area contributed by atoms with Gasteiger partial charge < -0.3 is 4.90 Å². The van der Waals surface area contributed by atoms with Crippen molar-refractivity contribution >= 4 is 17.7 Å². The minimum Gasteiger partial charge on any atom is -0.336 e. The summed E-state index contributed by atoms with van der Waals surface area (Å²) in [5.74, 6) is 1.48. The largest absolute Gasteiger partial charge is 0.336 e. The quantitative estimate of drug-likeness (QED) is 0.749. The van der Waals surface area contributed by atoms with Gasteiger partial charge in [-0.25, -0.2) is 4.98 Å². The SMILES string of the molecule is C[C@H](C1CC1)N(C(=O)CSc1cnccn1)C1CC1. The van der Waals surface area contributed by atoms with E-state index < -0.39 is 0 Å². The molecule has 0 aromatic carbocycles. The molecule has 3 rings (SSSR count). The Balaban J connectivity index is 1.58. The van der Waals surface area contributed by atoms with E-state index in [1.54, 1.807) is 18.6 Å². The molecule has 4 nitrogen and oxygen atoms in total. The minimum absolute atomic E-state index is 0.262. The number of rotatable bonds is 6. The normalized spacial score (nSPS) is 20.1. The second-order valence-corrected chi connectivity index (χ2v) is 6.44. The van der Waals surface area contributed by atoms with Crippen LogP contribution in [0.1, 0.15) is 32.6 Å². The molecule has 0 radical (unpaired) electrons. The average molecular weight is 277 g/mol. The topological polar surface area (TPSA) is 46.1 Å². The van der Waals surface area contributed by atoms with Crippen molar-refractivity contribution in [1.29, 1.82) is 0 Å². The summed E-state index contributed by atoms with van der Waals surface area (Å²) >= 11 is 1.49. The van der Waals surface area contributed by atoms with Crippen molar-refractivity contribution in [3.05, 3.63) is 18.6 Å². The van der Waals surface area contributed by atoms with Crippen molar-refractivity contribution < 1.29 is 4.79 Å². The lowest BCUT2D eigenvalue weighted by Crippen LogP contribution is -2.42. The fourth-order valence-corrected chi connectivity index (χ4v) is 3.18.